The van der Waals surface area contributed by atoms with Gasteiger partial charge in [-0.15, -0.1) is 0 Å². The minimum absolute atomic E-state index is 0.0455. The summed E-state index contributed by atoms with van der Waals surface area (Å²) in [6, 6.07) is 8.03. The molecule has 4 nitrogen and oxygen atoms in total. The van der Waals surface area contributed by atoms with Crippen molar-refractivity contribution in [3.8, 4) is 5.75 Å². The predicted molar refractivity (Wildman–Crippen MR) is 68.7 cm³/mol. The number of hydrogen-bond acceptors (Lipinski definition) is 4. The van der Waals surface area contributed by atoms with Gasteiger partial charge >= 0.3 is 5.97 Å². The Balaban J connectivity index is 2.05. The molecule has 0 aliphatic carbocycles. The normalized spacial score (nSPS) is 23.4. The van der Waals surface area contributed by atoms with E-state index in [0.717, 1.165) is 18.7 Å². The van der Waals surface area contributed by atoms with E-state index in [0.29, 0.717) is 12.5 Å². The summed E-state index contributed by atoms with van der Waals surface area (Å²) in [5.74, 6) is 1.04. The molecular formula is C14H19NO3. The minimum Gasteiger partial charge on any atom is -0.497 e. The second-order valence-electron chi connectivity index (χ2n) is 4.58. The smallest absolute Gasteiger partial charge is 0.309 e. The molecule has 2 atom stereocenters. The average molecular weight is 249 g/mol. The summed E-state index contributed by atoms with van der Waals surface area (Å²) in [5, 5.41) is 3.30. The molecular weight excluding hydrogens is 230 g/mol. The molecule has 1 N–H and O–H groups in total. The van der Waals surface area contributed by atoms with E-state index >= 15 is 0 Å². The van der Waals surface area contributed by atoms with Gasteiger partial charge in [0.15, 0.2) is 0 Å². The Morgan fingerprint density at radius 2 is 1.94 bits per heavy atom. The van der Waals surface area contributed by atoms with Gasteiger partial charge in [0, 0.05) is 13.1 Å². The second kappa shape index (κ2) is 5.87. The highest BCUT2D eigenvalue weighted by Crippen LogP contribution is 2.28. The zero-order valence-electron chi connectivity index (χ0n) is 10.8. The fourth-order valence-corrected chi connectivity index (χ4v) is 2.42. The molecule has 98 valence electrons. The van der Waals surface area contributed by atoms with E-state index in [2.05, 4.69) is 17.4 Å². The van der Waals surface area contributed by atoms with Crippen molar-refractivity contribution < 1.29 is 14.3 Å². The molecule has 0 amide bonds. The summed E-state index contributed by atoms with van der Waals surface area (Å²) in [6.45, 7) is 1.61. The Morgan fingerprint density at radius 3 is 2.56 bits per heavy atom. The molecule has 18 heavy (non-hydrogen) atoms. The van der Waals surface area contributed by atoms with Crippen LogP contribution in [0.3, 0.4) is 0 Å². The molecule has 1 fully saturated rings. The largest absolute Gasteiger partial charge is 0.497 e. The number of ether oxygens (including phenoxy) is 2. The molecule has 0 spiro atoms. The third kappa shape index (κ3) is 2.82. The summed E-state index contributed by atoms with van der Waals surface area (Å²) in [4.78, 5) is 11.6. The van der Waals surface area contributed by atoms with Crippen molar-refractivity contribution in [2.45, 2.75) is 12.3 Å². The fraction of sp³-hybridized carbons (Fsp3) is 0.500. The van der Waals surface area contributed by atoms with Crippen molar-refractivity contribution in [3.63, 3.8) is 0 Å². The van der Waals surface area contributed by atoms with Crippen molar-refractivity contribution in [2.75, 3.05) is 27.3 Å². The lowest BCUT2D eigenvalue weighted by Gasteiger charge is -2.28. The molecule has 0 unspecified atom stereocenters. The van der Waals surface area contributed by atoms with Crippen LogP contribution in [-0.2, 0) is 9.53 Å². The van der Waals surface area contributed by atoms with Crippen LogP contribution in [0.1, 0.15) is 17.9 Å². The molecule has 2 rings (SSSR count). The van der Waals surface area contributed by atoms with Crippen molar-refractivity contribution in [3.05, 3.63) is 29.8 Å². The third-order valence-electron chi connectivity index (χ3n) is 3.47. The first-order chi connectivity index (χ1) is 8.74. The molecule has 1 saturated heterocycles. The lowest BCUT2D eigenvalue weighted by atomic mass is 9.85. The highest BCUT2D eigenvalue weighted by molar-refractivity contribution is 5.72. The molecule has 1 aliphatic rings. The van der Waals surface area contributed by atoms with Gasteiger partial charge in [0.25, 0.3) is 0 Å². The lowest BCUT2D eigenvalue weighted by Crippen LogP contribution is -2.39. The molecule has 0 bridgehead atoms. The monoisotopic (exact) mass is 249 g/mol. The van der Waals surface area contributed by atoms with Crippen LogP contribution in [0.5, 0.6) is 5.75 Å². The van der Waals surface area contributed by atoms with Crippen LogP contribution < -0.4 is 10.1 Å². The number of carbonyl (C=O) groups excluding carboxylic acids is 1. The van der Waals surface area contributed by atoms with Gasteiger partial charge in [-0.25, -0.2) is 0 Å². The maximum atomic E-state index is 11.6. The number of hydrogen-bond donors (Lipinski definition) is 1. The topological polar surface area (TPSA) is 47.6 Å². The number of rotatable bonds is 3. The fourth-order valence-electron chi connectivity index (χ4n) is 2.42. The summed E-state index contributed by atoms with van der Waals surface area (Å²) in [6.07, 6.45) is 0.839. The van der Waals surface area contributed by atoms with Crippen LogP contribution in [0.15, 0.2) is 24.3 Å². The van der Waals surface area contributed by atoms with Crippen molar-refractivity contribution >= 4 is 5.97 Å². The van der Waals surface area contributed by atoms with Crippen molar-refractivity contribution in [1.82, 2.24) is 5.32 Å². The lowest BCUT2D eigenvalue weighted by molar-refractivity contribution is -0.146. The van der Waals surface area contributed by atoms with E-state index < -0.39 is 0 Å². The maximum Gasteiger partial charge on any atom is 0.309 e. The van der Waals surface area contributed by atoms with E-state index in [1.807, 2.05) is 12.1 Å². The molecule has 4 heteroatoms. The minimum atomic E-state index is -0.124. The zero-order chi connectivity index (χ0) is 13.0. The first-order valence-electron chi connectivity index (χ1n) is 6.17. The van der Waals surface area contributed by atoms with E-state index in [1.54, 1.807) is 7.11 Å². The van der Waals surface area contributed by atoms with Crippen molar-refractivity contribution in [1.29, 1.82) is 0 Å². The van der Waals surface area contributed by atoms with Gasteiger partial charge in [-0.05, 0) is 30.0 Å². The Bertz CT molecular complexity index is 402. The van der Waals surface area contributed by atoms with Crippen molar-refractivity contribution in [2.24, 2.45) is 5.92 Å². The van der Waals surface area contributed by atoms with E-state index in [-0.39, 0.29) is 11.9 Å². The Morgan fingerprint density at radius 1 is 1.22 bits per heavy atom. The first-order valence-corrected chi connectivity index (χ1v) is 6.17. The maximum absolute atomic E-state index is 11.6. The second-order valence-corrected chi connectivity index (χ2v) is 4.58. The summed E-state index contributed by atoms with van der Waals surface area (Å²) >= 11 is 0. The van der Waals surface area contributed by atoms with Gasteiger partial charge in [-0.3, -0.25) is 4.79 Å². The number of piperidine rings is 1. The van der Waals surface area contributed by atoms with Crippen LogP contribution >= 0.6 is 0 Å². The van der Waals surface area contributed by atoms with Gasteiger partial charge in [0.2, 0.25) is 0 Å². The molecule has 0 radical (unpaired) electrons. The zero-order valence-corrected chi connectivity index (χ0v) is 10.8. The summed E-state index contributed by atoms with van der Waals surface area (Å²) in [5.41, 5.74) is 1.23. The average Bonchev–Trinajstić information content (AvgIpc) is 2.46. The molecule has 0 saturated carbocycles. The van der Waals surface area contributed by atoms with Crippen LogP contribution in [-0.4, -0.2) is 33.3 Å². The highest BCUT2D eigenvalue weighted by Gasteiger charge is 2.28. The van der Waals surface area contributed by atoms with E-state index in [9.17, 15) is 4.79 Å². The van der Waals surface area contributed by atoms with Crippen LogP contribution in [0, 0.1) is 5.92 Å². The van der Waals surface area contributed by atoms with Gasteiger partial charge in [-0.1, -0.05) is 12.1 Å². The van der Waals surface area contributed by atoms with Gasteiger partial charge < -0.3 is 14.8 Å². The molecule has 1 aliphatic heterocycles. The summed E-state index contributed by atoms with van der Waals surface area (Å²) < 4.78 is 9.95. The summed E-state index contributed by atoms with van der Waals surface area (Å²) in [7, 11) is 3.10. The molecule has 0 aromatic heterocycles. The number of carbonyl (C=O) groups is 1. The highest BCUT2D eigenvalue weighted by atomic mass is 16.5. The number of benzene rings is 1. The molecule has 1 heterocycles. The number of nitrogens with one attached hydrogen (secondary N) is 1. The Labute approximate surface area is 107 Å². The van der Waals surface area contributed by atoms with Gasteiger partial charge in [0.1, 0.15) is 5.75 Å². The van der Waals surface area contributed by atoms with Crippen LogP contribution in [0.2, 0.25) is 0 Å². The van der Waals surface area contributed by atoms with Crippen LogP contribution in [0.25, 0.3) is 0 Å². The molecule has 1 aromatic rings. The quantitative estimate of drug-likeness (QED) is 0.826. The Kier molecular flexibility index (Phi) is 4.20. The van der Waals surface area contributed by atoms with Gasteiger partial charge in [-0.2, -0.15) is 0 Å². The SMILES string of the molecule is COC(=O)[C@@H]1CNC[C@H](c2ccc(OC)cc2)C1. The number of methoxy groups -OCH3 is 2. The third-order valence-corrected chi connectivity index (χ3v) is 3.47. The molecule has 1 aromatic carbocycles. The predicted octanol–water partition coefficient (Wildman–Crippen LogP) is 1.56. The first kappa shape index (κ1) is 12.9. The van der Waals surface area contributed by atoms with Crippen LogP contribution in [0.4, 0.5) is 0 Å². The standard InChI is InChI=1S/C14H19NO3/c1-17-13-5-3-10(4-6-13)11-7-12(9-15-8-11)14(16)18-2/h3-6,11-12,15H,7-9H2,1-2H3/t11-,12+/m1/s1. The Hall–Kier alpha value is -1.55. The van der Waals surface area contributed by atoms with Gasteiger partial charge in [0.05, 0.1) is 20.1 Å². The number of esters is 1. The van der Waals surface area contributed by atoms with E-state index in [1.165, 1.54) is 12.7 Å². The van der Waals surface area contributed by atoms with E-state index in [4.69, 9.17) is 9.47 Å².